The molecule has 0 saturated heterocycles. The van der Waals surface area contributed by atoms with Gasteiger partial charge in [-0.1, -0.05) is 39.5 Å². The Balaban J connectivity index is 2.49. The van der Waals surface area contributed by atoms with Crippen LogP contribution in [0.2, 0.25) is 0 Å². The third-order valence-electron chi connectivity index (χ3n) is 3.69. The molecule has 0 aromatic carbocycles. The van der Waals surface area contributed by atoms with E-state index in [1.807, 2.05) is 13.8 Å². The number of nitrogens with one attached hydrogen (secondary N) is 1. The lowest BCUT2D eigenvalue weighted by atomic mass is 9.80. The fourth-order valence-corrected chi connectivity index (χ4v) is 3.02. The smallest absolute Gasteiger partial charge is 0.311 e. The number of carboxylic acid groups (broad SMARTS) is 1. The van der Waals surface area contributed by atoms with Crippen molar-refractivity contribution in [3.05, 3.63) is 0 Å². The topological polar surface area (TPSA) is 66.4 Å². The molecule has 5 heteroatoms. The molecule has 1 aliphatic rings. The first-order valence-corrected chi connectivity index (χ1v) is 8.13. The van der Waals surface area contributed by atoms with Gasteiger partial charge in [-0.05, 0) is 18.1 Å². The Bertz CT molecular complexity index is 310. The average Bonchev–Trinajstić information content (AvgIpc) is 2.60. The molecule has 1 aliphatic carbocycles. The van der Waals surface area contributed by atoms with Gasteiger partial charge in [-0.15, -0.1) is 11.8 Å². The second-order valence-electron chi connectivity index (χ2n) is 5.64. The molecule has 1 saturated carbocycles. The molecule has 0 radical (unpaired) electrons. The van der Waals surface area contributed by atoms with Crippen molar-refractivity contribution >= 4 is 23.6 Å². The van der Waals surface area contributed by atoms with Crippen molar-refractivity contribution in [1.29, 1.82) is 0 Å². The molecule has 0 heterocycles. The first kappa shape index (κ1) is 16.3. The standard InChI is InChI=1S/C14H25NO3S/c1-11(2)19-9-12(16)15-10-14(13(17)18)7-5-3-4-6-8-14/h11H,3-10H2,1-2H3,(H,15,16)(H,17,18). The van der Waals surface area contributed by atoms with Crippen LogP contribution < -0.4 is 5.32 Å². The Hall–Kier alpha value is -0.710. The molecule has 1 rings (SSSR count). The van der Waals surface area contributed by atoms with E-state index in [4.69, 9.17) is 0 Å². The summed E-state index contributed by atoms with van der Waals surface area (Å²) in [6.07, 6.45) is 5.46. The first-order valence-electron chi connectivity index (χ1n) is 7.08. The zero-order valence-electron chi connectivity index (χ0n) is 11.9. The fraction of sp³-hybridized carbons (Fsp3) is 0.857. The van der Waals surface area contributed by atoms with Crippen molar-refractivity contribution < 1.29 is 14.7 Å². The van der Waals surface area contributed by atoms with Crippen LogP contribution in [0.25, 0.3) is 0 Å². The minimum Gasteiger partial charge on any atom is -0.481 e. The summed E-state index contributed by atoms with van der Waals surface area (Å²) in [4.78, 5) is 23.3. The highest BCUT2D eigenvalue weighted by Gasteiger charge is 2.38. The van der Waals surface area contributed by atoms with Crippen LogP contribution in [0.5, 0.6) is 0 Å². The highest BCUT2D eigenvalue weighted by atomic mass is 32.2. The van der Waals surface area contributed by atoms with E-state index in [0.717, 1.165) is 25.7 Å². The van der Waals surface area contributed by atoms with E-state index in [-0.39, 0.29) is 12.5 Å². The summed E-state index contributed by atoms with van der Waals surface area (Å²) in [5, 5.41) is 12.7. The van der Waals surface area contributed by atoms with Crippen molar-refractivity contribution in [2.45, 2.75) is 57.6 Å². The lowest BCUT2D eigenvalue weighted by Crippen LogP contribution is -2.43. The molecule has 1 amide bonds. The van der Waals surface area contributed by atoms with E-state index in [1.165, 1.54) is 0 Å². The van der Waals surface area contributed by atoms with Crippen LogP contribution in [0, 0.1) is 5.41 Å². The van der Waals surface area contributed by atoms with Crippen LogP contribution >= 0.6 is 11.8 Å². The summed E-state index contributed by atoms with van der Waals surface area (Å²) < 4.78 is 0. The summed E-state index contributed by atoms with van der Waals surface area (Å²) in [5.41, 5.74) is -0.741. The van der Waals surface area contributed by atoms with Gasteiger partial charge in [0.05, 0.1) is 11.2 Å². The minimum absolute atomic E-state index is 0.0522. The number of carbonyl (C=O) groups excluding carboxylic acids is 1. The van der Waals surface area contributed by atoms with E-state index in [2.05, 4.69) is 5.32 Å². The molecule has 0 aromatic rings. The summed E-state index contributed by atoms with van der Waals surface area (Å²) >= 11 is 1.58. The molecule has 19 heavy (non-hydrogen) atoms. The molecule has 0 aromatic heterocycles. The zero-order chi connectivity index (χ0) is 14.3. The van der Waals surface area contributed by atoms with E-state index in [1.54, 1.807) is 11.8 Å². The number of amides is 1. The molecule has 0 atom stereocenters. The normalized spacial score (nSPS) is 18.9. The van der Waals surface area contributed by atoms with Crippen LogP contribution in [-0.4, -0.2) is 34.5 Å². The van der Waals surface area contributed by atoms with Crippen LogP contribution in [0.1, 0.15) is 52.4 Å². The van der Waals surface area contributed by atoms with Gasteiger partial charge in [0.25, 0.3) is 0 Å². The van der Waals surface area contributed by atoms with Crippen LogP contribution in [0.4, 0.5) is 0 Å². The Kier molecular flexibility index (Phi) is 6.69. The maximum Gasteiger partial charge on any atom is 0.311 e. The summed E-state index contributed by atoms with van der Waals surface area (Å²) in [5.74, 6) is -0.400. The molecule has 0 bridgehead atoms. The predicted octanol–water partition coefficient (Wildman–Crippen LogP) is 2.67. The van der Waals surface area contributed by atoms with Gasteiger partial charge >= 0.3 is 5.97 Å². The zero-order valence-corrected chi connectivity index (χ0v) is 12.7. The average molecular weight is 287 g/mol. The third kappa shape index (κ3) is 5.43. The Morgan fingerprint density at radius 2 is 1.79 bits per heavy atom. The SMILES string of the molecule is CC(C)SCC(=O)NCC1(C(=O)O)CCCCCC1. The summed E-state index contributed by atoms with van der Waals surface area (Å²) in [6.45, 7) is 4.36. The van der Waals surface area contributed by atoms with Gasteiger partial charge in [-0.3, -0.25) is 9.59 Å². The molecule has 0 spiro atoms. The van der Waals surface area contributed by atoms with Gasteiger partial charge in [-0.25, -0.2) is 0 Å². The van der Waals surface area contributed by atoms with Gasteiger partial charge in [0, 0.05) is 6.54 Å². The lowest BCUT2D eigenvalue weighted by Gasteiger charge is -2.28. The second kappa shape index (κ2) is 7.78. The number of rotatable bonds is 6. The van der Waals surface area contributed by atoms with Crippen molar-refractivity contribution in [1.82, 2.24) is 5.32 Å². The van der Waals surface area contributed by atoms with E-state index in [9.17, 15) is 14.7 Å². The number of carbonyl (C=O) groups is 2. The number of carboxylic acids is 1. The van der Waals surface area contributed by atoms with E-state index >= 15 is 0 Å². The van der Waals surface area contributed by atoms with Gasteiger partial charge in [0.2, 0.25) is 5.91 Å². The third-order valence-corrected chi connectivity index (χ3v) is 4.78. The molecular formula is C14H25NO3S. The monoisotopic (exact) mass is 287 g/mol. The maximum atomic E-state index is 11.7. The summed E-state index contributed by atoms with van der Waals surface area (Å²) in [7, 11) is 0. The number of thioether (sulfide) groups is 1. The van der Waals surface area contributed by atoms with Crippen molar-refractivity contribution in [2.24, 2.45) is 5.41 Å². The molecule has 110 valence electrons. The number of hydrogen-bond acceptors (Lipinski definition) is 3. The Morgan fingerprint density at radius 3 is 2.26 bits per heavy atom. The fourth-order valence-electron chi connectivity index (χ4n) is 2.43. The van der Waals surface area contributed by atoms with Crippen molar-refractivity contribution in [3.63, 3.8) is 0 Å². The molecule has 0 aliphatic heterocycles. The first-order chi connectivity index (χ1) is 8.96. The quantitative estimate of drug-likeness (QED) is 0.737. The Morgan fingerprint density at radius 1 is 1.21 bits per heavy atom. The predicted molar refractivity (Wildman–Crippen MR) is 78.4 cm³/mol. The molecule has 0 unspecified atom stereocenters. The lowest BCUT2D eigenvalue weighted by molar-refractivity contribution is -0.149. The number of hydrogen-bond donors (Lipinski definition) is 2. The van der Waals surface area contributed by atoms with Gasteiger partial charge in [0.1, 0.15) is 0 Å². The second-order valence-corrected chi connectivity index (χ2v) is 7.20. The van der Waals surface area contributed by atoms with E-state index in [0.29, 0.717) is 23.8 Å². The minimum atomic E-state index is -0.758. The van der Waals surface area contributed by atoms with Crippen molar-refractivity contribution in [3.8, 4) is 0 Å². The molecule has 4 nitrogen and oxygen atoms in total. The molecule has 1 fully saturated rings. The van der Waals surface area contributed by atoms with Crippen LogP contribution in [0.15, 0.2) is 0 Å². The van der Waals surface area contributed by atoms with Gasteiger partial charge in [-0.2, -0.15) is 0 Å². The maximum absolute atomic E-state index is 11.7. The highest BCUT2D eigenvalue weighted by molar-refractivity contribution is 8.00. The van der Waals surface area contributed by atoms with Crippen LogP contribution in [0.3, 0.4) is 0 Å². The largest absolute Gasteiger partial charge is 0.481 e. The van der Waals surface area contributed by atoms with E-state index < -0.39 is 11.4 Å². The highest BCUT2D eigenvalue weighted by Crippen LogP contribution is 2.34. The number of aliphatic carboxylic acids is 1. The molecular weight excluding hydrogens is 262 g/mol. The van der Waals surface area contributed by atoms with Crippen molar-refractivity contribution in [2.75, 3.05) is 12.3 Å². The summed E-state index contributed by atoms with van der Waals surface area (Å²) in [6, 6.07) is 0. The van der Waals surface area contributed by atoms with Gasteiger partial charge in [0.15, 0.2) is 0 Å². The Labute approximate surface area is 119 Å². The molecule has 2 N–H and O–H groups in total. The van der Waals surface area contributed by atoms with Gasteiger partial charge < -0.3 is 10.4 Å². The van der Waals surface area contributed by atoms with Crippen LogP contribution in [-0.2, 0) is 9.59 Å².